The van der Waals surface area contributed by atoms with Crippen molar-refractivity contribution in [2.45, 2.75) is 18.3 Å². The average Bonchev–Trinajstić information content (AvgIpc) is 1.84. The van der Waals surface area contributed by atoms with Crippen LogP contribution in [0.3, 0.4) is 0 Å². The molecule has 0 spiro atoms. The Hall–Kier alpha value is -0.220. The Morgan fingerprint density at radius 1 is 1.50 bits per heavy atom. The summed E-state index contributed by atoms with van der Waals surface area (Å²) in [6, 6.07) is 0. The molecule has 0 bridgehead atoms. The van der Waals surface area contributed by atoms with Crippen molar-refractivity contribution in [3.8, 4) is 0 Å². The molecule has 0 aromatic heterocycles. The van der Waals surface area contributed by atoms with Crippen molar-refractivity contribution in [1.82, 2.24) is 0 Å². The number of carbonyl (C=O) groups is 1. The molecular weight excluding hydrogens is 152 g/mol. The van der Waals surface area contributed by atoms with Gasteiger partial charge in [0.25, 0.3) is 0 Å². The van der Waals surface area contributed by atoms with Crippen LogP contribution in [0.5, 0.6) is 0 Å². The summed E-state index contributed by atoms with van der Waals surface area (Å²) in [5.41, 5.74) is 0. The third kappa shape index (κ3) is 2.58. The summed E-state index contributed by atoms with van der Waals surface area (Å²) in [4.78, 5) is 10.2. The fourth-order valence-corrected chi connectivity index (χ4v) is 1.09. The van der Waals surface area contributed by atoms with Crippen molar-refractivity contribution in [3.05, 3.63) is 0 Å². The Bertz CT molecular complexity index is 124. The molecule has 0 aromatic carbocycles. The second-order valence-electron chi connectivity index (χ2n) is 2.37. The zero-order valence-corrected chi connectivity index (χ0v) is 7.18. The third-order valence-electron chi connectivity index (χ3n) is 1.44. The van der Waals surface area contributed by atoms with Gasteiger partial charge in [0.2, 0.25) is 0 Å². The third-order valence-corrected chi connectivity index (χ3v) is 3.19. The molecule has 0 aliphatic heterocycles. The Morgan fingerprint density at radius 3 is 2.00 bits per heavy atom. The minimum Gasteiger partial charge on any atom is -0.479 e. The van der Waals surface area contributed by atoms with Crippen LogP contribution in [0.1, 0.15) is 6.92 Å². The summed E-state index contributed by atoms with van der Waals surface area (Å²) in [5, 5.41) is 17.2. The van der Waals surface area contributed by atoms with Gasteiger partial charge in [-0.3, -0.25) is 0 Å². The SMILES string of the molecule is CC(C(O)C(=O)O)[S+](C)C. The summed E-state index contributed by atoms with van der Waals surface area (Å²) in [6.45, 7) is 1.74. The molecule has 2 atom stereocenters. The summed E-state index contributed by atoms with van der Waals surface area (Å²) >= 11 is 0. The Balaban J connectivity index is 3.94. The maximum Gasteiger partial charge on any atom is 0.337 e. The fraction of sp³-hybridized carbons (Fsp3) is 0.833. The summed E-state index contributed by atoms with van der Waals surface area (Å²) in [7, 11) is -0.0418. The highest BCUT2D eigenvalue weighted by molar-refractivity contribution is 7.96. The van der Waals surface area contributed by atoms with E-state index in [1.54, 1.807) is 6.92 Å². The van der Waals surface area contributed by atoms with Crippen LogP contribution in [0.4, 0.5) is 0 Å². The number of carboxylic acids is 1. The maximum absolute atomic E-state index is 10.2. The molecule has 0 aliphatic carbocycles. The molecule has 10 heavy (non-hydrogen) atoms. The predicted octanol–water partition coefficient (Wildman–Crippen LogP) is -0.302. The molecule has 2 N–H and O–H groups in total. The fourth-order valence-electron chi connectivity index (χ4n) is 0.459. The normalized spacial score (nSPS) is 16.9. The first-order chi connectivity index (χ1) is 4.46. The lowest BCUT2D eigenvalue weighted by atomic mass is 10.3. The minimum atomic E-state index is -1.21. The van der Waals surface area contributed by atoms with E-state index in [0.717, 1.165) is 0 Å². The van der Waals surface area contributed by atoms with Gasteiger partial charge in [0.15, 0.2) is 11.4 Å². The zero-order chi connectivity index (χ0) is 8.31. The predicted molar refractivity (Wildman–Crippen MR) is 42.3 cm³/mol. The first-order valence-corrected chi connectivity index (χ1v) is 5.04. The lowest BCUT2D eigenvalue weighted by molar-refractivity contribution is -0.146. The van der Waals surface area contributed by atoms with Gasteiger partial charge in [-0.05, 0) is 17.8 Å². The molecule has 60 valence electrons. The number of hydrogen-bond donors (Lipinski definition) is 2. The van der Waals surface area contributed by atoms with Crippen molar-refractivity contribution < 1.29 is 15.0 Å². The van der Waals surface area contributed by atoms with Crippen LogP contribution in [-0.4, -0.2) is 40.0 Å². The molecule has 0 radical (unpaired) electrons. The van der Waals surface area contributed by atoms with Crippen molar-refractivity contribution in [3.63, 3.8) is 0 Å². The molecule has 0 amide bonds. The van der Waals surface area contributed by atoms with E-state index < -0.39 is 12.1 Å². The maximum atomic E-state index is 10.2. The van der Waals surface area contributed by atoms with Gasteiger partial charge in [0.1, 0.15) is 0 Å². The topological polar surface area (TPSA) is 57.5 Å². The van der Waals surface area contributed by atoms with E-state index in [4.69, 9.17) is 10.2 Å². The molecule has 0 fully saturated rings. The molecule has 0 heterocycles. The summed E-state index contributed by atoms with van der Waals surface area (Å²) in [6.07, 6.45) is 2.62. The van der Waals surface area contributed by atoms with Crippen molar-refractivity contribution >= 4 is 16.9 Å². The van der Waals surface area contributed by atoms with E-state index in [-0.39, 0.29) is 16.1 Å². The Kier molecular flexibility index (Phi) is 3.75. The van der Waals surface area contributed by atoms with E-state index in [1.807, 2.05) is 12.5 Å². The van der Waals surface area contributed by atoms with Crippen molar-refractivity contribution in [2.24, 2.45) is 0 Å². The van der Waals surface area contributed by atoms with Crippen LogP contribution in [0.15, 0.2) is 0 Å². The van der Waals surface area contributed by atoms with E-state index in [2.05, 4.69) is 0 Å². The van der Waals surface area contributed by atoms with Crippen LogP contribution in [0.2, 0.25) is 0 Å². The lowest BCUT2D eigenvalue weighted by Gasteiger charge is -2.10. The summed E-state index contributed by atoms with van der Waals surface area (Å²) < 4.78 is 0. The van der Waals surface area contributed by atoms with Gasteiger partial charge in [0.05, 0.1) is 12.5 Å². The number of carboxylic acid groups (broad SMARTS) is 1. The van der Waals surface area contributed by atoms with Gasteiger partial charge in [-0.1, -0.05) is 0 Å². The number of rotatable bonds is 3. The van der Waals surface area contributed by atoms with Gasteiger partial charge in [-0.2, -0.15) is 0 Å². The van der Waals surface area contributed by atoms with E-state index in [1.165, 1.54) is 0 Å². The van der Waals surface area contributed by atoms with Gasteiger partial charge < -0.3 is 10.2 Å². The average molecular weight is 165 g/mol. The number of aliphatic hydroxyl groups is 1. The highest BCUT2D eigenvalue weighted by atomic mass is 32.2. The number of aliphatic carboxylic acids is 1. The molecule has 0 aliphatic rings. The monoisotopic (exact) mass is 165 g/mol. The molecule has 0 aromatic rings. The number of aliphatic hydroxyl groups excluding tert-OH is 1. The van der Waals surface area contributed by atoms with Gasteiger partial charge in [0, 0.05) is 0 Å². The molecule has 2 unspecified atom stereocenters. The first-order valence-electron chi connectivity index (χ1n) is 2.94. The van der Waals surface area contributed by atoms with Crippen molar-refractivity contribution in [1.29, 1.82) is 0 Å². The summed E-state index contributed by atoms with van der Waals surface area (Å²) in [5.74, 6) is -1.13. The zero-order valence-electron chi connectivity index (χ0n) is 6.37. The van der Waals surface area contributed by atoms with Crippen LogP contribution < -0.4 is 0 Å². The Labute approximate surface area is 63.4 Å². The molecular formula is C6H13O3S+. The quantitative estimate of drug-likeness (QED) is 0.564. The van der Waals surface area contributed by atoms with Crippen LogP contribution in [0, 0.1) is 0 Å². The lowest BCUT2D eigenvalue weighted by Crippen LogP contribution is -2.36. The van der Waals surface area contributed by atoms with Crippen molar-refractivity contribution in [2.75, 3.05) is 12.5 Å². The Morgan fingerprint density at radius 2 is 1.90 bits per heavy atom. The largest absolute Gasteiger partial charge is 0.479 e. The standard InChI is InChI=1S/C6H12O3S/c1-4(10(2)3)5(7)6(8)9/h4-5,7H,1-3H3/p+1. The van der Waals surface area contributed by atoms with Crippen LogP contribution >= 0.6 is 0 Å². The van der Waals surface area contributed by atoms with Gasteiger partial charge in [-0.15, -0.1) is 0 Å². The molecule has 3 nitrogen and oxygen atoms in total. The number of hydrogen-bond acceptors (Lipinski definition) is 2. The second-order valence-corrected chi connectivity index (χ2v) is 4.87. The molecule has 0 saturated heterocycles. The molecule has 0 saturated carbocycles. The van der Waals surface area contributed by atoms with E-state index in [0.29, 0.717) is 0 Å². The molecule has 0 rings (SSSR count). The van der Waals surface area contributed by atoms with Crippen LogP contribution in [0.25, 0.3) is 0 Å². The smallest absolute Gasteiger partial charge is 0.337 e. The first kappa shape index (κ1) is 9.78. The molecule has 4 heteroatoms. The second kappa shape index (κ2) is 3.83. The van der Waals surface area contributed by atoms with Crippen LogP contribution in [-0.2, 0) is 15.7 Å². The van der Waals surface area contributed by atoms with Gasteiger partial charge >= 0.3 is 5.97 Å². The highest BCUT2D eigenvalue weighted by Gasteiger charge is 2.30. The van der Waals surface area contributed by atoms with E-state index >= 15 is 0 Å². The van der Waals surface area contributed by atoms with E-state index in [9.17, 15) is 4.79 Å². The van der Waals surface area contributed by atoms with Gasteiger partial charge in [-0.25, -0.2) is 4.79 Å². The minimum absolute atomic E-state index is 0.0418. The highest BCUT2D eigenvalue weighted by Crippen LogP contribution is 2.04.